The molecule has 1 aliphatic rings. The molecule has 0 heterocycles. The van der Waals surface area contributed by atoms with Crippen LogP contribution in [0.5, 0.6) is 0 Å². The van der Waals surface area contributed by atoms with Crippen molar-refractivity contribution in [2.24, 2.45) is 0 Å². The highest BCUT2D eigenvalue weighted by molar-refractivity contribution is 4.83. The van der Waals surface area contributed by atoms with Crippen molar-refractivity contribution < 1.29 is 8.78 Å². The minimum absolute atomic E-state index is 0.0749. The Morgan fingerprint density at radius 1 is 1.30 bits per heavy atom. The van der Waals surface area contributed by atoms with Crippen molar-refractivity contribution in [1.29, 1.82) is 0 Å². The summed E-state index contributed by atoms with van der Waals surface area (Å²) in [6, 6.07) is -0.119. The Balaban J connectivity index is 2.36. The van der Waals surface area contributed by atoms with Gasteiger partial charge in [-0.2, -0.15) is 0 Å². The van der Waals surface area contributed by atoms with Gasteiger partial charge in [0, 0.05) is 12.5 Å². The van der Waals surface area contributed by atoms with Crippen molar-refractivity contribution in [1.82, 2.24) is 5.32 Å². The van der Waals surface area contributed by atoms with Crippen LogP contribution in [0.2, 0.25) is 0 Å². The quantitative estimate of drug-likeness (QED) is 0.594. The largest absolute Gasteiger partial charge is 0.314 e. The second-order valence-electron chi connectivity index (χ2n) is 2.82. The van der Waals surface area contributed by atoms with Gasteiger partial charge in [-0.3, -0.25) is 0 Å². The molecule has 0 radical (unpaired) electrons. The Kier molecular flexibility index (Phi) is 2.60. The third kappa shape index (κ3) is 1.66. The molecule has 1 rings (SSSR count). The highest BCUT2D eigenvalue weighted by atomic mass is 19.1. The monoisotopic (exact) mass is 149 g/mol. The van der Waals surface area contributed by atoms with E-state index in [-0.39, 0.29) is 12.5 Å². The molecule has 10 heavy (non-hydrogen) atoms. The summed E-state index contributed by atoms with van der Waals surface area (Å²) in [7, 11) is 1.72. The van der Waals surface area contributed by atoms with Crippen LogP contribution in [0, 0.1) is 0 Å². The molecule has 0 aromatic heterocycles. The van der Waals surface area contributed by atoms with E-state index in [1.54, 1.807) is 7.05 Å². The van der Waals surface area contributed by atoms with E-state index in [0.717, 1.165) is 0 Å². The second kappa shape index (κ2) is 3.28. The standard InChI is InChI=1S/C7H13F2N/c1-10-7-3-2-5(8)4-6(7)9/h5-7,10H,2-4H2,1H3. The van der Waals surface area contributed by atoms with Crippen LogP contribution < -0.4 is 5.32 Å². The molecule has 0 spiro atoms. The topological polar surface area (TPSA) is 12.0 Å². The van der Waals surface area contributed by atoms with E-state index in [9.17, 15) is 8.78 Å². The molecule has 3 unspecified atom stereocenters. The van der Waals surface area contributed by atoms with Crippen LogP contribution >= 0.6 is 0 Å². The zero-order chi connectivity index (χ0) is 7.56. The smallest absolute Gasteiger partial charge is 0.118 e. The maximum atomic E-state index is 12.8. The Hall–Kier alpha value is -0.180. The molecule has 1 nitrogen and oxygen atoms in total. The maximum Gasteiger partial charge on any atom is 0.118 e. The fraction of sp³-hybridized carbons (Fsp3) is 1.00. The van der Waals surface area contributed by atoms with Gasteiger partial charge in [0.1, 0.15) is 12.3 Å². The molecule has 3 atom stereocenters. The number of hydrogen-bond donors (Lipinski definition) is 1. The Morgan fingerprint density at radius 2 is 2.00 bits per heavy atom. The third-order valence-electron chi connectivity index (χ3n) is 2.08. The van der Waals surface area contributed by atoms with Gasteiger partial charge in [-0.05, 0) is 19.9 Å². The summed E-state index contributed by atoms with van der Waals surface area (Å²) in [5.41, 5.74) is 0. The SMILES string of the molecule is CNC1CCC(F)CC1F. The summed E-state index contributed by atoms with van der Waals surface area (Å²) in [5, 5.41) is 2.83. The van der Waals surface area contributed by atoms with Gasteiger partial charge in [0.2, 0.25) is 0 Å². The number of nitrogens with one attached hydrogen (secondary N) is 1. The van der Waals surface area contributed by atoms with Gasteiger partial charge in [-0.1, -0.05) is 0 Å². The predicted octanol–water partition coefficient (Wildman–Crippen LogP) is 1.43. The van der Waals surface area contributed by atoms with Gasteiger partial charge in [-0.25, -0.2) is 8.78 Å². The van der Waals surface area contributed by atoms with Crippen LogP contribution in [0.3, 0.4) is 0 Å². The van der Waals surface area contributed by atoms with E-state index in [1.807, 2.05) is 0 Å². The van der Waals surface area contributed by atoms with Gasteiger partial charge in [-0.15, -0.1) is 0 Å². The summed E-state index contributed by atoms with van der Waals surface area (Å²) in [6.45, 7) is 0. The van der Waals surface area contributed by atoms with E-state index in [2.05, 4.69) is 5.32 Å². The molecule has 0 aromatic carbocycles. The van der Waals surface area contributed by atoms with Gasteiger partial charge in [0.25, 0.3) is 0 Å². The molecule has 0 amide bonds. The first-order valence-electron chi connectivity index (χ1n) is 3.69. The zero-order valence-electron chi connectivity index (χ0n) is 6.11. The number of alkyl halides is 2. The van der Waals surface area contributed by atoms with E-state index in [1.165, 1.54) is 0 Å². The molecule has 1 saturated carbocycles. The molecule has 60 valence electrons. The second-order valence-corrected chi connectivity index (χ2v) is 2.82. The average molecular weight is 149 g/mol. The molecular formula is C7H13F2N. The average Bonchev–Trinajstić information content (AvgIpc) is 1.88. The summed E-state index contributed by atoms with van der Waals surface area (Å²) >= 11 is 0. The maximum absolute atomic E-state index is 12.8. The lowest BCUT2D eigenvalue weighted by Gasteiger charge is -2.27. The number of halogens is 2. The minimum atomic E-state index is -0.992. The molecule has 3 heteroatoms. The van der Waals surface area contributed by atoms with Crippen LogP contribution in [0.1, 0.15) is 19.3 Å². The highest BCUT2D eigenvalue weighted by Crippen LogP contribution is 2.23. The van der Waals surface area contributed by atoms with Crippen molar-refractivity contribution in [3.05, 3.63) is 0 Å². The van der Waals surface area contributed by atoms with Crippen LogP contribution in [-0.4, -0.2) is 25.4 Å². The molecule has 0 aliphatic heterocycles. The highest BCUT2D eigenvalue weighted by Gasteiger charge is 2.28. The molecule has 1 aliphatic carbocycles. The zero-order valence-corrected chi connectivity index (χ0v) is 6.11. The lowest BCUT2D eigenvalue weighted by atomic mass is 9.92. The van der Waals surface area contributed by atoms with Gasteiger partial charge < -0.3 is 5.32 Å². The van der Waals surface area contributed by atoms with Crippen molar-refractivity contribution in [3.63, 3.8) is 0 Å². The molecule has 0 saturated heterocycles. The minimum Gasteiger partial charge on any atom is -0.314 e. The van der Waals surface area contributed by atoms with E-state index < -0.39 is 12.3 Å². The summed E-state index contributed by atoms with van der Waals surface area (Å²) in [5.74, 6) is 0. The Labute approximate surface area is 59.8 Å². The molecule has 1 N–H and O–H groups in total. The van der Waals surface area contributed by atoms with Crippen molar-refractivity contribution >= 4 is 0 Å². The van der Waals surface area contributed by atoms with E-state index in [4.69, 9.17) is 0 Å². The van der Waals surface area contributed by atoms with Crippen LogP contribution in [0.15, 0.2) is 0 Å². The van der Waals surface area contributed by atoms with Gasteiger partial charge in [0.05, 0.1) is 0 Å². The normalized spacial score (nSPS) is 41.7. The molecule has 1 fully saturated rings. The molecule has 0 bridgehead atoms. The van der Waals surface area contributed by atoms with Crippen LogP contribution in [-0.2, 0) is 0 Å². The lowest BCUT2D eigenvalue weighted by molar-refractivity contribution is 0.125. The predicted molar refractivity (Wildman–Crippen MR) is 36.5 cm³/mol. The van der Waals surface area contributed by atoms with E-state index in [0.29, 0.717) is 12.8 Å². The van der Waals surface area contributed by atoms with Crippen molar-refractivity contribution in [2.75, 3.05) is 7.05 Å². The first kappa shape index (κ1) is 7.92. The fourth-order valence-electron chi connectivity index (χ4n) is 1.39. The number of rotatable bonds is 1. The van der Waals surface area contributed by atoms with E-state index >= 15 is 0 Å². The van der Waals surface area contributed by atoms with Crippen LogP contribution in [0.25, 0.3) is 0 Å². The van der Waals surface area contributed by atoms with Crippen LogP contribution in [0.4, 0.5) is 8.78 Å². The molecule has 0 aromatic rings. The Morgan fingerprint density at radius 3 is 2.50 bits per heavy atom. The summed E-state index contributed by atoms with van der Waals surface area (Å²) < 4.78 is 25.3. The summed E-state index contributed by atoms with van der Waals surface area (Å²) in [6.07, 6.45) is -0.704. The third-order valence-corrected chi connectivity index (χ3v) is 2.08. The van der Waals surface area contributed by atoms with Gasteiger partial charge in [0.15, 0.2) is 0 Å². The fourth-order valence-corrected chi connectivity index (χ4v) is 1.39. The Bertz CT molecular complexity index is 108. The van der Waals surface area contributed by atoms with Crippen molar-refractivity contribution in [3.8, 4) is 0 Å². The molecular weight excluding hydrogens is 136 g/mol. The summed E-state index contributed by atoms with van der Waals surface area (Å²) in [4.78, 5) is 0. The van der Waals surface area contributed by atoms with Gasteiger partial charge >= 0.3 is 0 Å². The first-order valence-corrected chi connectivity index (χ1v) is 3.69. The first-order chi connectivity index (χ1) is 4.74. The van der Waals surface area contributed by atoms with Crippen molar-refractivity contribution in [2.45, 2.75) is 37.6 Å². The lowest BCUT2D eigenvalue weighted by Crippen LogP contribution is -2.40. The number of hydrogen-bond acceptors (Lipinski definition) is 1.